The highest BCUT2D eigenvalue weighted by Gasteiger charge is 2.55. The summed E-state index contributed by atoms with van der Waals surface area (Å²) in [7, 11) is 0. The Labute approximate surface area is 78.3 Å². The molecule has 1 N–H and O–H groups in total. The summed E-state index contributed by atoms with van der Waals surface area (Å²) in [6.07, 6.45) is 0.958. The van der Waals surface area contributed by atoms with Crippen LogP contribution in [0, 0.1) is 10.1 Å². The Morgan fingerprint density at radius 3 is 2.57 bits per heavy atom. The first-order valence-electron chi connectivity index (χ1n) is 4.04. The van der Waals surface area contributed by atoms with E-state index >= 15 is 0 Å². The van der Waals surface area contributed by atoms with Crippen molar-refractivity contribution in [3.05, 3.63) is 28.0 Å². The van der Waals surface area contributed by atoms with Crippen molar-refractivity contribution in [3.63, 3.8) is 0 Å². The molecule has 0 bridgehead atoms. The molecule has 1 aliphatic carbocycles. The van der Waals surface area contributed by atoms with Crippen LogP contribution in [0.2, 0.25) is 0 Å². The van der Waals surface area contributed by atoms with Gasteiger partial charge in [0, 0.05) is 0 Å². The number of aliphatic carboxylic acids is 1. The molecule has 0 aromatic carbocycles. The summed E-state index contributed by atoms with van der Waals surface area (Å²) in [5.41, 5.74) is -1.01. The van der Waals surface area contributed by atoms with Gasteiger partial charge in [-0.1, -0.05) is 0 Å². The standard InChI is InChI=1S/C8H7NO5/c10-7(11)8(3-4-8)5-1-2-6(14-5)9(12)13/h1-2H,3-4H2,(H,10,11). The molecule has 1 aromatic heterocycles. The Bertz CT molecular complexity index is 404. The number of furan rings is 1. The monoisotopic (exact) mass is 197 g/mol. The minimum atomic E-state index is -1.01. The zero-order valence-electron chi connectivity index (χ0n) is 7.10. The highest BCUT2D eigenvalue weighted by Crippen LogP contribution is 2.49. The molecule has 0 spiro atoms. The number of carboxylic acids is 1. The molecule has 74 valence electrons. The maximum absolute atomic E-state index is 10.8. The lowest BCUT2D eigenvalue weighted by atomic mass is 10.1. The molecule has 1 saturated carbocycles. The van der Waals surface area contributed by atoms with Crippen LogP contribution >= 0.6 is 0 Å². The third-order valence-electron chi connectivity index (χ3n) is 2.40. The second-order valence-corrected chi connectivity index (χ2v) is 3.28. The Morgan fingerprint density at radius 2 is 2.21 bits per heavy atom. The summed E-state index contributed by atoms with van der Waals surface area (Å²) in [6, 6.07) is 2.54. The molecular formula is C8H7NO5. The molecule has 0 radical (unpaired) electrons. The van der Waals surface area contributed by atoms with Crippen molar-refractivity contribution in [1.29, 1.82) is 0 Å². The number of carboxylic acid groups (broad SMARTS) is 1. The lowest BCUT2D eigenvalue weighted by Gasteiger charge is -2.03. The van der Waals surface area contributed by atoms with Crippen molar-refractivity contribution < 1.29 is 19.2 Å². The first-order valence-corrected chi connectivity index (χ1v) is 4.04. The van der Waals surface area contributed by atoms with E-state index in [9.17, 15) is 14.9 Å². The molecule has 1 fully saturated rings. The summed E-state index contributed by atoms with van der Waals surface area (Å²) in [4.78, 5) is 20.4. The summed E-state index contributed by atoms with van der Waals surface area (Å²) in [5.74, 6) is -1.22. The number of carbonyl (C=O) groups is 1. The number of hydrogen-bond donors (Lipinski definition) is 1. The zero-order chi connectivity index (χ0) is 10.3. The average molecular weight is 197 g/mol. The van der Waals surface area contributed by atoms with Crippen LogP contribution < -0.4 is 0 Å². The van der Waals surface area contributed by atoms with Gasteiger partial charge >= 0.3 is 11.9 Å². The number of hydrogen-bond acceptors (Lipinski definition) is 4. The summed E-state index contributed by atoms with van der Waals surface area (Å²) in [6.45, 7) is 0. The van der Waals surface area contributed by atoms with Crippen molar-refractivity contribution in [2.24, 2.45) is 0 Å². The fourth-order valence-corrected chi connectivity index (χ4v) is 1.37. The summed E-state index contributed by atoms with van der Waals surface area (Å²) >= 11 is 0. The van der Waals surface area contributed by atoms with E-state index in [0.29, 0.717) is 12.8 Å². The van der Waals surface area contributed by atoms with E-state index in [1.54, 1.807) is 0 Å². The fraction of sp³-hybridized carbons (Fsp3) is 0.375. The van der Waals surface area contributed by atoms with Crippen LogP contribution in [0.25, 0.3) is 0 Å². The molecule has 1 aromatic rings. The lowest BCUT2D eigenvalue weighted by Crippen LogP contribution is -2.18. The first-order chi connectivity index (χ1) is 6.56. The highest BCUT2D eigenvalue weighted by molar-refractivity contribution is 5.84. The van der Waals surface area contributed by atoms with Crippen LogP contribution in [0.15, 0.2) is 16.5 Å². The number of rotatable bonds is 3. The average Bonchev–Trinajstić information content (AvgIpc) is 2.77. The molecule has 14 heavy (non-hydrogen) atoms. The smallest absolute Gasteiger partial charge is 0.433 e. The maximum Gasteiger partial charge on any atom is 0.433 e. The quantitative estimate of drug-likeness (QED) is 0.582. The van der Waals surface area contributed by atoms with Gasteiger partial charge in [-0.2, -0.15) is 0 Å². The molecule has 0 atom stereocenters. The molecule has 0 unspecified atom stereocenters. The van der Waals surface area contributed by atoms with Gasteiger partial charge in [0.15, 0.2) is 0 Å². The van der Waals surface area contributed by atoms with Gasteiger partial charge in [0.1, 0.15) is 16.1 Å². The van der Waals surface area contributed by atoms with Crippen molar-refractivity contribution in [2.75, 3.05) is 0 Å². The molecule has 2 rings (SSSR count). The zero-order valence-corrected chi connectivity index (χ0v) is 7.10. The molecule has 0 saturated heterocycles. The first kappa shape index (κ1) is 8.74. The topological polar surface area (TPSA) is 93.6 Å². The van der Waals surface area contributed by atoms with E-state index in [-0.39, 0.29) is 5.76 Å². The van der Waals surface area contributed by atoms with E-state index in [0.717, 1.165) is 0 Å². The Kier molecular flexibility index (Phi) is 1.60. The third kappa shape index (κ3) is 1.07. The van der Waals surface area contributed by atoms with Crippen LogP contribution in [-0.2, 0) is 10.2 Å². The number of nitro groups is 1. The van der Waals surface area contributed by atoms with Crippen LogP contribution in [-0.4, -0.2) is 16.0 Å². The predicted molar refractivity (Wildman–Crippen MR) is 43.9 cm³/mol. The minimum Gasteiger partial charge on any atom is -0.480 e. The van der Waals surface area contributed by atoms with Crippen LogP contribution in [0.3, 0.4) is 0 Å². The third-order valence-corrected chi connectivity index (χ3v) is 2.40. The normalized spacial score (nSPS) is 17.7. The van der Waals surface area contributed by atoms with Crippen LogP contribution in [0.1, 0.15) is 18.6 Å². The molecule has 6 heteroatoms. The van der Waals surface area contributed by atoms with Crippen LogP contribution in [0.4, 0.5) is 5.88 Å². The SMILES string of the molecule is O=C(O)C1(c2ccc([N+](=O)[O-])o2)CC1. The fourth-order valence-electron chi connectivity index (χ4n) is 1.37. The van der Waals surface area contributed by atoms with Gasteiger partial charge in [0.05, 0.1) is 6.07 Å². The van der Waals surface area contributed by atoms with Gasteiger partial charge in [0.2, 0.25) is 0 Å². The van der Waals surface area contributed by atoms with Crippen molar-refractivity contribution in [3.8, 4) is 0 Å². The second kappa shape index (κ2) is 2.57. The van der Waals surface area contributed by atoms with Gasteiger partial charge < -0.3 is 9.52 Å². The van der Waals surface area contributed by atoms with Gasteiger partial charge in [-0.15, -0.1) is 0 Å². The molecule has 0 amide bonds. The van der Waals surface area contributed by atoms with Gasteiger partial charge in [-0.05, 0) is 18.9 Å². The van der Waals surface area contributed by atoms with E-state index in [2.05, 4.69) is 0 Å². The molecule has 6 nitrogen and oxygen atoms in total. The predicted octanol–water partition coefficient (Wildman–Crippen LogP) is 1.30. The number of nitrogens with zero attached hydrogens (tertiary/aromatic N) is 1. The Morgan fingerprint density at radius 1 is 1.57 bits per heavy atom. The van der Waals surface area contributed by atoms with Crippen LogP contribution in [0.5, 0.6) is 0 Å². The molecule has 0 aliphatic heterocycles. The largest absolute Gasteiger partial charge is 0.480 e. The van der Waals surface area contributed by atoms with Gasteiger partial charge in [-0.3, -0.25) is 14.9 Å². The Balaban J connectivity index is 2.34. The van der Waals surface area contributed by atoms with Crippen molar-refractivity contribution >= 4 is 11.9 Å². The highest BCUT2D eigenvalue weighted by atomic mass is 16.6. The molecular weight excluding hydrogens is 190 g/mol. The molecule has 1 aliphatic rings. The van der Waals surface area contributed by atoms with Gasteiger partial charge in [-0.25, -0.2) is 0 Å². The van der Waals surface area contributed by atoms with Crippen molar-refractivity contribution in [2.45, 2.75) is 18.3 Å². The van der Waals surface area contributed by atoms with E-state index in [1.807, 2.05) is 0 Å². The maximum atomic E-state index is 10.8. The van der Waals surface area contributed by atoms with Crippen molar-refractivity contribution in [1.82, 2.24) is 0 Å². The second-order valence-electron chi connectivity index (χ2n) is 3.28. The van der Waals surface area contributed by atoms with E-state index in [1.165, 1.54) is 12.1 Å². The van der Waals surface area contributed by atoms with E-state index in [4.69, 9.17) is 9.52 Å². The summed E-state index contributed by atoms with van der Waals surface area (Å²) in [5, 5.41) is 19.2. The minimum absolute atomic E-state index is 0.178. The van der Waals surface area contributed by atoms with Gasteiger partial charge in [0.25, 0.3) is 0 Å². The Hall–Kier alpha value is -1.85. The summed E-state index contributed by atoms with van der Waals surface area (Å²) < 4.78 is 4.85. The van der Waals surface area contributed by atoms with E-state index < -0.39 is 22.2 Å². The molecule has 1 heterocycles. The lowest BCUT2D eigenvalue weighted by molar-refractivity contribution is -0.402.